The lowest BCUT2D eigenvalue weighted by Gasteiger charge is -2.41. The van der Waals surface area contributed by atoms with Crippen LogP contribution >= 0.6 is 0 Å². The maximum Gasteiger partial charge on any atom is 0.416 e. The molecular weight excluding hydrogens is 505 g/mol. The van der Waals surface area contributed by atoms with Gasteiger partial charge in [0.25, 0.3) is 5.91 Å². The second kappa shape index (κ2) is 10.3. The highest BCUT2D eigenvalue weighted by Gasteiger charge is 2.44. The Bertz CT molecular complexity index is 1270. The Balaban J connectivity index is 1.32. The Morgan fingerprint density at radius 1 is 0.763 bits per heavy atom. The van der Waals surface area contributed by atoms with E-state index in [2.05, 4.69) is 4.90 Å². The molecule has 0 N–H and O–H groups in total. The smallest absolute Gasteiger partial charge is 0.290 e. The zero-order valence-electron chi connectivity index (χ0n) is 20.2. The predicted octanol–water partition coefficient (Wildman–Crippen LogP) is 5.02. The molecule has 10 heteroatoms. The van der Waals surface area contributed by atoms with Crippen molar-refractivity contribution < 1.29 is 31.5 Å². The normalized spacial score (nSPS) is 19.5. The van der Waals surface area contributed by atoms with E-state index >= 15 is 0 Å². The molecule has 0 unspecified atom stereocenters. The van der Waals surface area contributed by atoms with Gasteiger partial charge in [0.1, 0.15) is 11.6 Å². The third-order valence-corrected chi connectivity index (χ3v) is 7.08. The summed E-state index contributed by atoms with van der Waals surface area (Å²) < 4.78 is 66.7. The molecule has 198 valence electrons. The average Bonchev–Trinajstić information content (AvgIpc) is 3.20. The maximum absolute atomic E-state index is 13.6. The minimum absolute atomic E-state index is 0.0938. The molecule has 0 aliphatic carbocycles. The van der Waals surface area contributed by atoms with E-state index in [0.717, 1.165) is 28.2 Å². The van der Waals surface area contributed by atoms with E-state index in [1.54, 1.807) is 24.3 Å². The van der Waals surface area contributed by atoms with E-state index in [-0.39, 0.29) is 29.8 Å². The van der Waals surface area contributed by atoms with Gasteiger partial charge in [0.05, 0.1) is 29.8 Å². The van der Waals surface area contributed by atoms with Gasteiger partial charge in [0.15, 0.2) is 0 Å². The van der Waals surface area contributed by atoms with Crippen molar-refractivity contribution in [1.29, 1.82) is 0 Å². The molecule has 3 aromatic carbocycles. The molecule has 5 rings (SSSR count). The van der Waals surface area contributed by atoms with E-state index in [1.807, 2.05) is 4.90 Å². The van der Waals surface area contributed by atoms with Gasteiger partial charge in [-0.1, -0.05) is 30.3 Å². The van der Waals surface area contributed by atoms with Crippen molar-refractivity contribution in [3.8, 4) is 0 Å². The van der Waals surface area contributed by atoms with Crippen molar-refractivity contribution in [2.24, 2.45) is 0 Å². The molecule has 2 aliphatic rings. The van der Waals surface area contributed by atoms with Crippen molar-refractivity contribution in [1.82, 2.24) is 9.80 Å². The largest absolute Gasteiger partial charge is 0.416 e. The summed E-state index contributed by atoms with van der Waals surface area (Å²) in [7, 11) is 0. The SMILES string of the molecule is O=C1C[C@H](N2CCN(C(c3ccc(F)cc3)c3ccc(F)cc3)CC2)C(=O)N1c1cccc(C(F)(F)F)c1. The van der Waals surface area contributed by atoms with Crippen molar-refractivity contribution >= 4 is 17.5 Å². The van der Waals surface area contributed by atoms with Gasteiger partial charge in [-0.2, -0.15) is 13.2 Å². The average molecular weight is 530 g/mol. The van der Waals surface area contributed by atoms with Gasteiger partial charge in [-0.3, -0.25) is 19.4 Å². The third-order valence-electron chi connectivity index (χ3n) is 7.08. The minimum Gasteiger partial charge on any atom is -0.290 e. The molecule has 1 atom stereocenters. The Morgan fingerprint density at radius 3 is 1.84 bits per heavy atom. The Kier molecular flexibility index (Phi) is 7.02. The molecule has 5 nitrogen and oxygen atoms in total. The lowest BCUT2D eigenvalue weighted by molar-refractivity contribution is -0.137. The number of anilines is 1. The first-order chi connectivity index (χ1) is 18.1. The van der Waals surface area contributed by atoms with E-state index in [9.17, 15) is 31.5 Å². The van der Waals surface area contributed by atoms with Crippen LogP contribution < -0.4 is 4.90 Å². The zero-order chi connectivity index (χ0) is 27.0. The summed E-state index contributed by atoms with van der Waals surface area (Å²) in [5, 5.41) is 0. The number of benzene rings is 3. The molecule has 2 amide bonds. The molecular formula is C28H24F5N3O2. The summed E-state index contributed by atoms with van der Waals surface area (Å²) in [5.41, 5.74) is 0.632. The second-order valence-corrected chi connectivity index (χ2v) is 9.41. The fraction of sp³-hybridized carbons (Fsp3) is 0.286. The van der Waals surface area contributed by atoms with Gasteiger partial charge in [-0.05, 0) is 53.6 Å². The monoisotopic (exact) mass is 529 g/mol. The molecule has 2 aliphatic heterocycles. The Hall–Kier alpha value is -3.63. The Morgan fingerprint density at radius 2 is 1.32 bits per heavy atom. The van der Waals surface area contributed by atoms with Crippen LogP contribution in [0.1, 0.15) is 29.2 Å². The van der Waals surface area contributed by atoms with Crippen molar-refractivity contribution in [3.63, 3.8) is 0 Å². The molecule has 3 aromatic rings. The molecule has 0 aromatic heterocycles. The van der Waals surface area contributed by atoms with Crippen LogP contribution in [0.2, 0.25) is 0 Å². The first kappa shape index (κ1) is 26.0. The molecule has 0 bridgehead atoms. The van der Waals surface area contributed by atoms with E-state index in [4.69, 9.17) is 0 Å². The summed E-state index contributed by atoms with van der Waals surface area (Å²) >= 11 is 0. The lowest BCUT2D eigenvalue weighted by atomic mass is 9.96. The van der Waals surface area contributed by atoms with E-state index in [1.165, 1.54) is 36.4 Å². The van der Waals surface area contributed by atoms with Crippen LogP contribution in [-0.4, -0.2) is 53.8 Å². The first-order valence-corrected chi connectivity index (χ1v) is 12.1. The van der Waals surface area contributed by atoms with Crippen LogP contribution in [0.25, 0.3) is 0 Å². The van der Waals surface area contributed by atoms with Gasteiger partial charge in [0.2, 0.25) is 5.91 Å². The van der Waals surface area contributed by atoms with Gasteiger partial charge in [-0.25, -0.2) is 13.7 Å². The van der Waals surface area contributed by atoms with Crippen LogP contribution in [0.4, 0.5) is 27.6 Å². The van der Waals surface area contributed by atoms with Crippen LogP contribution in [0.15, 0.2) is 72.8 Å². The quantitative estimate of drug-likeness (QED) is 0.344. The zero-order valence-corrected chi connectivity index (χ0v) is 20.2. The van der Waals surface area contributed by atoms with Crippen LogP contribution in [0.3, 0.4) is 0 Å². The molecule has 0 radical (unpaired) electrons. The molecule has 2 saturated heterocycles. The summed E-state index contributed by atoms with van der Waals surface area (Å²) in [4.78, 5) is 30.8. The number of imide groups is 1. The minimum atomic E-state index is -4.59. The second-order valence-electron chi connectivity index (χ2n) is 9.41. The van der Waals surface area contributed by atoms with Crippen LogP contribution in [0.5, 0.6) is 0 Å². The number of hydrogen-bond donors (Lipinski definition) is 0. The molecule has 0 spiro atoms. The fourth-order valence-corrected chi connectivity index (χ4v) is 5.21. The first-order valence-electron chi connectivity index (χ1n) is 12.1. The van der Waals surface area contributed by atoms with Crippen molar-refractivity contribution in [3.05, 3.63) is 101 Å². The van der Waals surface area contributed by atoms with Gasteiger partial charge >= 0.3 is 6.18 Å². The topological polar surface area (TPSA) is 43.9 Å². The van der Waals surface area contributed by atoms with E-state index in [0.29, 0.717) is 26.2 Å². The fourth-order valence-electron chi connectivity index (χ4n) is 5.21. The molecule has 38 heavy (non-hydrogen) atoms. The highest BCUT2D eigenvalue weighted by Crippen LogP contribution is 2.35. The van der Waals surface area contributed by atoms with Crippen molar-refractivity contribution in [2.45, 2.75) is 24.7 Å². The number of amides is 2. The van der Waals surface area contributed by atoms with Gasteiger partial charge < -0.3 is 0 Å². The summed E-state index contributed by atoms with van der Waals surface area (Å²) in [6.07, 6.45) is -4.71. The van der Waals surface area contributed by atoms with Crippen LogP contribution in [0, 0.1) is 11.6 Å². The summed E-state index contributed by atoms with van der Waals surface area (Å²) in [6, 6.07) is 15.4. The third kappa shape index (κ3) is 5.19. The maximum atomic E-state index is 13.6. The van der Waals surface area contributed by atoms with Crippen LogP contribution in [-0.2, 0) is 15.8 Å². The highest BCUT2D eigenvalue weighted by atomic mass is 19.4. The van der Waals surface area contributed by atoms with Gasteiger partial charge in [-0.15, -0.1) is 0 Å². The number of rotatable bonds is 5. The summed E-state index contributed by atoms with van der Waals surface area (Å²) in [5.74, 6) is -1.83. The highest BCUT2D eigenvalue weighted by molar-refractivity contribution is 6.22. The molecule has 2 heterocycles. The number of alkyl halides is 3. The van der Waals surface area contributed by atoms with Crippen molar-refractivity contribution in [2.75, 3.05) is 31.1 Å². The number of piperazine rings is 1. The number of nitrogens with zero attached hydrogens (tertiary/aromatic N) is 3. The summed E-state index contributed by atoms with van der Waals surface area (Å²) in [6.45, 7) is 1.86. The van der Waals surface area contributed by atoms with E-state index < -0.39 is 29.6 Å². The predicted molar refractivity (Wildman–Crippen MR) is 130 cm³/mol. The number of halogens is 5. The van der Waals surface area contributed by atoms with Gasteiger partial charge in [0, 0.05) is 26.2 Å². The molecule has 0 saturated carbocycles. The molecule has 2 fully saturated rings. The standard InChI is InChI=1S/C28H24F5N3O2/c29-21-8-4-18(5-9-21)26(19-6-10-22(30)11-7-19)35-14-12-34(13-15-35)24-17-25(37)36(27(24)38)23-3-1-2-20(16-23)28(31,32)33/h1-11,16,24,26H,12-15,17H2/t24-/m0/s1. The Labute approximate surface area is 216 Å². The number of hydrogen-bond acceptors (Lipinski definition) is 4. The number of carbonyl (C=O) groups is 2. The number of carbonyl (C=O) groups excluding carboxylic acids is 2. The lowest BCUT2D eigenvalue weighted by Crippen LogP contribution is -2.53.